The number of rotatable bonds is 4. The molecule has 0 radical (unpaired) electrons. The van der Waals surface area contributed by atoms with Crippen LogP contribution in [0.1, 0.15) is 35.9 Å². The number of nitrogens with two attached hydrogens (primary N) is 1. The van der Waals surface area contributed by atoms with Crippen molar-refractivity contribution < 1.29 is 9.53 Å². The second-order valence-corrected chi connectivity index (χ2v) is 5.47. The Morgan fingerprint density at radius 3 is 3.10 bits per heavy atom. The molecule has 0 spiro atoms. The number of hydrogen-bond donors (Lipinski definition) is 1. The van der Waals surface area contributed by atoms with Crippen molar-refractivity contribution in [2.24, 2.45) is 12.8 Å². The molecule has 1 aromatic carbocycles. The van der Waals surface area contributed by atoms with Gasteiger partial charge in [-0.15, -0.1) is 0 Å². The van der Waals surface area contributed by atoms with Gasteiger partial charge in [-0.3, -0.25) is 9.48 Å². The van der Waals surface area contributed by atoms with E-state index in [1.807, 2.05) is 31.3 Å². The molecule has 0 fully saturated rings. The molecule has 2 aromatic rings. The molecule has 3 rings (SSSR count). The number of Topliss-reactive ketones (excluding diaryl/α,β-unsaturated/α-hetero) is 1. The summed E-state index contributed by atoms with van der Waals surface area (Å²) in [5.41, 5.74) is 7.93. The van der Waals surface area contributed by atoms with Gasteiger partial charge in [-0.1, -0.05) is 18.2 Å². The number of carbonyl (C=O) groups is 1. The van der Waals surface area contributed by atoms with E-state index in [4.69, 9.17) is 10.5 Å². The first-order valence-corrected chi connectivity index (χ1v) is 7.13. The first kappa shape index (κ1) is 13.8. The number of carbonyl (C=O) groups excluding carboxylic acids is 1. The molecule has 5 nitrogen and oxygen atoms in total. The van der Waals surface area contributed by atoms with Crippen molar-refractivity contribution >= 4 is 5.78 Å². The molecule has 1 aromatic heterocycles. The van der Waals surface area contributed by atoms with Gasteiger partial charge in [0.1, 0.15) is 5.75 Å². The second kappa shape index (κ2) is 5.69. The van der Waals surface area contributed by atoms with Crippen LogP contribution in [0.4, 0.5) is 0 Å². The number of nitrogens with zero attached hydrogens (tertiary/aromatic N) is 2. The van der Waals surface area contributed by atoms with E-state index in [1.54, 1.807) is 17.1 Å². The molecule has 1 aliphatic rings. The van der Waals surface area contributed by atoms with E-state index in [9.17, 15) is 4.79 Å². The number of ketones is 1. The van der Waals surface area contributed by atoms with Crippen LogP contribution in [-0.4, -0.2) is 22.2 Å². The van der Waals surface area contributed by atoms with Crippen molar-refractivity contribution in [1.29, 1.82) is 0 Å². The Morgan fingerprint density at radius 2 is 2.33 bits per heavy atom. The summed E-state index contributed by atoms with van der Waals surface area (Å²) in [6.07, 6.45) is 4.74. The van der Waals surface area contributed by atoms with Crippen molar-refractivity contribution in [3.8, 4) is 5.75 Å². The minimum atomic E-state index is -0.603. The number of ether oxygens (including phenoxy) is 1. The first-order valence-electron chi connectivity index (χ1n) is 7.13. The van der Waals surface area contributed by atoms with E-state index < -0.39 is 6.04 Å². The average Bonchev–Trinajstić information content (AvgIpc) is 2.93. The van der Waals surface area contributed by atoms with Gasteiger partial charge in [0.2, 0.25) is 0 Å². The van der Waals surface area contributed by atoms with Crippen molar-refractivity contribution in [1.82, 2.24) is 9.78 Å². The highest BCUT2D eigenvalue weighted by atomic mass is 16.5. The highest BCUT2D eigenvalue weighted by Crippen LogP contribution is 2.36. The molecule has 0 saturated heterocycles. The Morgan fingerprint density at radius 1 is 1.52 bits per heavy atom. The average molecular weight is 285 g/mol. The molecule has 2 N–H and O–H groups in total. The summed E-state index contributed by atoms with van der Waals surface area (Å²) in [7, 11) is 1.81. The quantitative estimate of drug-likeness (QED) is 0.932. The highest BCUT2D eigenvalue weighted by molar-refractivity contribution is 5.85. The fraction of sp³-hybridized carbons (Fsp3) is 0.375. The third kappa shape index (κ3) is 2.83. The molecule has 5 heteroatoms. The smallest absolute Gasteiger partial charge is 0.154 e. The molecule has 1 aliphatic heterocycles. The fourth-order valence-corrected chi connectivity index (χ4v) is 2.78. The summed E-state index contributed by atoms with van der Waals surface area (Å²) in [4.78, 5) is 12.4. The second-order valence-electron chi connectivity index (χ2n) is 5.47. The summed E-state index contributed by atoms with van der Waals surface area (Å²) in [6, 6.07) is 7.31. The summed E-state index contributed by atoms with van der Waals surface area (Å²) < 4.78 is 7.29. The standard InChI is InChI=1S/C16H19N3O2/c1-19-10-12(9-18-19)16(17)14(20)8-11-6-7-21-15-5-3-2-4-13(11)15/h2-5,9-11,16H,6-8,17H2,1H3. The predicted molar refractivity (Wildman–Crippen MR) is 79.1 cm³/mol. The maximum atomic E-state index is 12.4. The van der Waals surface area contributed by atoms with Gasteiger partial charge in [-0.2, -0.15) is 5.10 Å². The minimum absolute atomic E-state index is 0.0460. The lowest BCUT2D eigenvalue weighted by Gasteiger charge is -2.26. The third-order valence-electron chi connectivity index (χ3n) is 3.96. The van der Waals surface area contributed by atoms with E-state index in [0.29, 0.717) is 13.0 Å². The van der Waals surface area contributed by atoms with Crippen molar-refractivity contribution in [2.45, 2.75) is 24.8 Å². The van der Waals surface area contributed by atoms with Crippen LogP contribution >= 0.6 is 0 Å². The first-order chi connectivity index (χ1) is 10.1. The number of hydrogen-bond acceptors (Lipinski definition) is 4. The third-order valence-corrected chi connectivity index (χ3v) is 3.96. The molecule has 21 heavy (non-hydrogen) atoms. The van der Waals surface area contributed by atoms with Crippen molar-refractivity contribution in [2.75, 3.05) is 6.61 Å². The Hall–Kier alpha value is -2.14. The van der Waals surface area contributed by atoms with Crippen LogP contribution in [0.3, 0.4) is 0 Å². The summed E-state index contributed by atoms with van der Waals surface area (Å²) in [6.45, 7) is 0.650. The van der Waals surface area contributed by atoms with E-state index in [0.717, 1.165) is 23.3 Å². The van der Waals surface area contributed by atoms with Crippen LogP contribution in [0.25, 0.3) is 0 Å². The van der Waals surface area contributed by atoms with Crippen molar-refractivity contribution in [3.05, 3.63) is 47.8 Å². The molecule has 0 bridgehead atoms. The lowest BCUT2D eigenvalue weighted by atomic mass is 9.86. The van der Waals surface area contributed by atoms with Crippen LogP contribution in [0.5, 0.6) is 5.75 Å². The zero-order chi connectivity index (χ0) is 14.8. The molecular weight excluding hydrogens is 266 g/mol. The lowest BCUT2D eigenvalue weighted by molar-refractivity contribution is -0.120. The number of benzene rings is 1. The van der Waals surface area contributed by atoms with Gasteiger partial charge >= 0.3 is 0 Å². The monoisotopic (exact) mass is 285 g/mol. The van der Waals surface area contributed by atoms with E-state index in [-0.39, 0.29) is 11.7 Å². The van der Waals surface area contributed by atoms with Gasteiger partial charge in [0.25, 0.3) is 0 Å². The van der Waals surface area contributed by atoms with Gasteiger partial charge in [-0.05, 0) is 24.0 Å². The van der Waals surface area contributed by atoms with E-state index in [2.05, 4.69) is 5.10 Å². The summed E-state index contributed by atoms with van der Waals surface area (Å²) in [5.74, 6) is 1.12. The molecular formula is C16H19N3O2. The van der Waals surface area contributed by atoms with Gasteiger partial charge in [0.15, 0.2) is 5.78 Å². The van der Waals surface area contributed by atoms with Crippen LogP contribution in [0.2, 0.25) is 0 Å². The Labute approximate surface area is 123 Å². The number of aryl methyl sites for hydroxylation is 1. The summed E-state index contributed by atoms with van der Waals surface area (Å²) >= 11 is 0. The van der Waals surface area contributed by atoms with Crippen LogP contribution in [0, 0.1) is 0 Å². The SMILES string of the molecule is Cn1cc(C(N)C(=O)CC2CCOc3ccccc32)cn1. The topological polar surface area (TPSA) is 70.1 Å². The normalized spacial score (nSPS) is 18.7. The number of fused-ring (bicyclic) bond motifs is 1. The molecule has 0 aliphatic carbocycles. The van der Waals surface area contributed by atoms with Gasteiger partial charge < -0.3 is 10.5 Å². The van der Waals surface area contributed by atoms with Crippen LogP contribution in [-0.2, 0) is 11.8 Å². The van der Waals surface area contributed by atoms with E-state index in [1.165, 1.54) is 0 Å². The lowest BCUT2D eigenvalue weighted by Crippen LogP contribution is -2.25. The Balaban J connectivity index is 1.74. The van der Waals surface area contributed by atoms with Crippen molar-refractivity contribution in [3.63, 3.8) is 0 Å². The fourth-order valence-electron chi connectivity index (χ4n) is 2.78. The number of aromatic nitrogens is 2. The Bertz CT molecular complexity index is 650. The van der Waals surface area contributed by atoms with Crippen LogP contribution < -0.4 is 10.5 Å². The maximum absolute atomic E-state index is 12.4. The maximum Gasteiger partial charge on any atom is 0.154 e. The number of para-hydroxylation sites is 1. The van der Waals surface area contributed by atoms with Crippen LogP contribution in [0.15, 0.2) is 36.7 Å². The molecule has 2 atom stereocenters. The molecule has 0 saturated carbocycles. The summed E-state index contributed by atoms with van der Waals surface area (Å²) in [5, 5.41) is 4.07. The molecule has 0 amide bonds. The minimum Gasteiger partial charge on any atom is -0.493 e. The molecule has 110 valence electrons. The van der Waals surface area contributed by atoms with Gasteiger partial charge in [0.05, 0.1) is 18.8 Å². The highest BCUT2D eigenvalue weighted by Gasteiger charge is 2.26. The molecule has 2 unspecified atom stereocenters. The largest absolute Gasteiger partial charge is 0.493 e. The van der Waals surface area contributed by atoms with Gasteiger partial charge in [0, 0.05) is 25.2 Å². The zero-order valence-electron chi connectivity index (χ0n) is 12.0. The zero-order valence-corrected chi connectivity index (χ0v) is 12.0. The van der Waals surface area contributed by atoms with E-state index >= 15 is 0 Å². The Kier molecular flexibility index (Phi) is 3.75. The van der Waals surface area contributed by atoms with Gasteiger partial charge in [-0.25, -0.2) is 0 Å². The predicted octanol–water partition coefficient (Wildman–Crippen LogP) is 1.95. The molecule has 2 heterocycles.